The van der Waals surface area contributed by atoms with Gasteiger partial charge in [-0.15, -0.1) is 11.3 Å². The van der Waals surface area contributed by atoms with Crippen LogP contribution in [0, 0.1) is 23.2 Å². The van der Waals surface area contributed by atoms with Crippen molar-refractivity contribution in [3.05, 3.63) is 16.6 Å². The molecule has 23 heavy (non-hydrogen) atoms. The summed E-state index contributed by atoms with van der Waals surface area (Å²) in [5.41, 5.74) is 0. The summed E-state index contributed by atoms with van der Waals surface area (Å²) in [7, 11) is 0. The summed E-state index contributed by atoms with van der Waals surface area (Å²) in [6.07, 6.45) is 4.83. The van der Waals surface area contributed by atoms with Crippen LogP contribution in [0.15, 0.2) is 11.6 Å². The summed E-state index contributed by atoms with van der Waals surface area (Å²) < 4.78 is 0. The van der Waals surface area contributed by atoms with E-state index in [0.717, 1.165) is 17.7 Å². The Kier molecular flexibility index (Phi) is 4.26. The van der Waals surface area contributed by atoms with E-state index in [1.54, 1.807) is 5.38 Å². The molecule has 0 spiro atoms. The fourth-order valence-electron chi connectivity index (χ4n) is 3.56. The molecule has 1 saturated carbocycles. The Balaban J connectivity index is 1.83. The summed E-state index contributed by atoms with van der Waals surface area (Å²) in [5.74, 6) is -2.55. The average Bonchev–Trinajstić information content (AvgIpc) is 3.16. The minimum Gasteiger partial charge on any atom is -0.295 e. The highest BCUT2D eigenvalue weighted by Crippen LogP contribution is 2.39. The molecule has 0 bridgehead atoms. The molecule has 1 aliphatic carbocycles. The molecule has 1 aromatic rings. The highest BCUT2D eigenvalue weighted by atomic mass is 32.1. The maximum Gasteiger partial charge on any atom is 0.233 e. The number of likely N-dealkylation sites (tertiary alicyclic amines) is 1. The van der Waals surface area contributed by atoms with Gasteiger partial charge in [-0.25, -0.2) is 4.98 Å². The number of rotatable bonds is 4. The molecule has 1 aromatic heterocycles. The van der Waals surface area contributed by atoms with E-state index in [-0.39, 0.29) is 23.7 Å². The van der Waals surface area contributed by atoms with Crippen LogP contribution in [0.1, 0.15) is 43.5 Å². The number of nitrogens with zero attached hydrogens (tertiary/aromatic N) is 3. The van der Waals surface area contributed by atoms with Crippen molar-refractivity contribution in [3.8, 4) is 6.07 Å². The van der Waals surface area contributed by atoms with Crippen molar-refractivity contribution in [3.63, 3.8) is 0 Å². The van der Waals surface area contributed by atoms with Crippen LogP contribution in [0.25, 0.3) is 0 Å². The lowest BCUT2D eigenvalue weighted by molar-refractivity contribution is -0.146. The van der Waals surface area contributed by atoms with Gasteiger partial charge in [-0.05, 0) is 19.8 Å². The van der Waals surface area contributed by atoms with Gasteiger partial charge in [-0.3, -0.25) is 19.3 Å². The first-order valence-electron chi connectivity index (χ1n) is 7.76. The van der Waals surface area contributed by atoms with Crippen LogP contribution < -0.4 is 0 Å². The lowest BCUT2D eigenvalue weighted by atomic mass is 9.81. The summed E-state index contributed by atoms with van der Waals surface area (Å²) in [5, 5.41) is 11.4. The zero-order valence-electron chi connectivity index (χ0n) is 12.8. The lowest BCUT2D eigenvalue weighted by Crippen LogP contribution is -2.45. The molecule has 2 heterocycles. The average molecular weight is 331 g/mol. The van der Waals surface area contributed by atoms with Crippen molar-refractivity contribution in [1.29, 1.82) is 5.26 Å². The number of imide groups is 1. The van der Waals surface area contributed by atoms with E-state index < -0.39 is 17.7 Å². The van der Waals surface area contributed by atoms with Crippen molar-refractivity contribution < 1.29 is 14.4 Å². The fourth-order valence-corrected chi connectivity index (χ4v) is 4.24. The molecule has 6 nitrogen and oxygen atoms in total. The summed E-state index contributed by atoms with van der Waals surface area (Å²) in [4.78, 5) is 42.9. The number of ketones is 1. The SMILES string of the molecule is CC(C(=O)C(C#N)c1nccs1)N1C(=O)C2CCCCC2C1=O. The van der Waals surface area contributed by atoms with Crippen LogP contribution in [0.5, 0.6) is 0 Å². The van der Waals surface area contributed by atoms with Gasteiger partial charge in [0.25, 0.3) is 0 Å². The van der Waals surface area contributed by atoms with E-state index in [1.165, 1.54) is 24.5 Å². The van der Waals surface area contributed by atoms with Crippen molar-refractivity contribution in [2.75, 3.05) is 0 Å². The third-order valence-corrected chi connectivity index (χ3v) is 5.63. The van der Waals surface area contributed by atoms with Gasteiger partial charge in [0.05, 0.1) is 23.9 Å². The molecule has 2 fully saturated rings. The number of thiazole rings is 1. The smallest absolute Gasteiger partial charge is 0.233 e. The lowest BCUT2D eigenvalue weighted by Gasteiger charge is -2.23. The highest BCUT2D eigenvalue weighted by Gasteiger charge is 2.51. The molecule has 4 unspecified atom stereocenters. The van der Waals surface area contributed by atoms with Crippen molar-refractivity contribution in [1.82, 2.24) is 9.88 Å². The van der Waals surface area contributed by atoms with Gasteiger partial charge in [-0.2, -0.15) is 5.26 Å². The molecular weight excluding hydrogens is 314 g/mol. The molecule has 0 aromatic carbocycles. The van der Waals surface area contributed by atoms with E-state index in [9.17, 15) is 19.6 Å². The number of fused-ring (bicyclic) bond motifs is 1. The number of carbonyl (C=O) groups excluding carboxylic acids is 3. The van der Waals surface area contributed by atoms with Gasteiger partial charge in [0.2, 0.25) is 11.8 Å². The second kappa shape index (κ2) is 6.20. The molecular formula is C16H17N3O3S. The first-order valence-corrected chi connectivity index (χ1v) is 8.64. The number of hydrogen-bond acceptors (Lipinski definition) is 6. The maximum absolute atomic E-state index is 12.7. The normalized spacial score (nSPS) is 26.5. The largest absolute Gasteiger partial charge is 0.295 e. The quantitative estimate of drug-likeness (QED) is 0.786. The fraction of sp³-hybridized carbons (Fsp3) is 0.562. The highest BCUT2D eigenvalue weighted by molar-refractivity contribution is 7.09. The van der Waals surface area contributed by atoms with Gasteiger partial charge in [0.15, 0.2) is 11.7 Å². The third-order valence-electron chi connectivity index (χ3n) is 4.79. The minimum atomic E-state index is -1.03. The van der Waals surface area contributed by atoms with Gasteiger partial charge >= 0.3 is 0 Å². The summed E-state index contributed by atoms with van der Waals surface area (Å²) in [6.45, 7) is 1.54. The number of aromatic nitrogens is 1. The van der Waals surface area contributed by atoms with E-state index in [1.807, 2.05) is 6.07 Å². The van der Waals surface area contributed by atoms with Crippen LogP contribution in [-0.2, 0) is 14.4 Å². The van der Waals surface area contributed by atoms with Gasteiger partial charge in [0.1, 0.15) is 5.01 Å². The molecule has 2 aliphatic rings. The van der Waals surface area contributed by atoms with E-state index >= 15 is 0 Å². The van der Waals surface area contributed by atoms with Crippen LogP contribution in [-0.4, -0.2) is 33.5 Å². The predicted octanol–water partition coefficient (Wildman–Crippen LogP) is 1.88. The number of hydrogen-bond donors (Lipinski definition) is 0. The predicted molar refractivity (Wildman–Crippen MR) is 82.2 cm³/mol. The first kappa shape index (κ1) is 15.8. The van der Waals surface area contributed by atoms with Crippen molar-refractivity contribution in [2.24, 2.45) is 11.8 Å². The van der Waals surface area contributed by atoms with Gasteiger partial charge in [-0.1, -0.05) is 12.8 Å². The number of carbonyl (C=O) groups is 3. The molecule has 7 heteroatoms. The van der Waals surface area contributed by atoms with E-state index in [4.69, 9.17) is 0 Å². The Labute approximate surface area is 138 Å². The Morgan fingerprint density at radius 3 is 2.43 bits per heavy atom. The zero-order valence-corrected chi connectivity index (χ0v) is 13.6. The Bertz CT molecular complexity index is 655. The zero-order chi connectivity index (χ0) is 16.6. The standard InChI is InChI=1S/C16H17N3O3S/c1-9(13(20)12(8-17)14-18-6-7-23-14)19-15(21)10-4-2-3-5-11(10)16(19)22/h6-7,9-12H,2-5H2,1H3. The van der Waals surface area contributed by atoms with Crippen LogP contribution >= 0.6 is 11.3 Å². The topological polar surface area (TPSA) is 91.1 Å². The monoisotopic (exact) mass is 331 g/mol. The van der Waals surface area contributed by atoms with Crippen LogP contribution in [0.4, 0.5) is 0 Å². The molecule has 1 saturated heterocycles. The van der Waals surface area contributed by atoms with Gasteiger partial charge in [0, 0.05) is 11.6 Å². The molecule has 120 valence electrons. The molecule has 2 amide bonds. The minimum absolute atomic E-state index is 0.253. The van der Waals surface area contributed by atoms with E-state index in [2.05, 4.69) is 4.98 Å². The van der Waals surface area contributed by atoms with Crippen LogP contribution in [0.2, 0.25) is 0 Å². The second-order valence-electron chi connectivity index (χ2n) is 6.05. The Morgan fingerprint density at radius 2 is 1.96 bits per heavy atom. The summed E-state index contributed by atoms with van der Waals surface area (Å²) in [6, 6.07) is 1.03. The number of nitriles is 1. The molecule has 3 rings (SSSR count). The summed E-state index contributed by atoms with van der Waals surface area (Å²) >= 11 is 1.22. The van der Waals surface area contributed by atoms with E-state index in [0.29, 0.717) is 17.8 Å². The number of Topliss-reactive ketones (excluding diaryl/α,β-unsaturated/α-hetero) is 1. The molecule has 4 atom stereocenters. The van der Waals surface area contributed by atoms with Crippen LogP contribution in [0.3, 0.4) is 0 Å². The second-order valence-corrected chi connectivity index (χ2v) is 6.98. The van der Waals surface area contributed by atoms with Gasteiger partial charge < -0.3 is 0 Å². The first-order chi connectivity index (χ1) is 11.1. The third kappa shape index (κ3) is 2.57. The number of amides is 2. The van der Waals surface area contributed by atoms with Crippen molar-refractivity contribution >= 4 is 28.9 Å². The molecule has 1 aliphatic heterocycles. The maximum atomic E-state index is 12.7. The Hall–Kier alpha value is -2.07. The molecule has 0 N–H and O–H groups in total. The van der Waals surface area contributed by atoms with Crippen molar-refractivity contribution in [2.45, 2.75) is 44.6 Å². The molecule has 0 radical (unpaired) electrons. The Morgan fingerprint density at radius 1 is 1.35 bits per heavy atom.